The van der Waals surface area contributed by atoms with E-state index in [2.05, 4.69) is 13.9 Å². The fourth-order valence-corrected chi connectivity index (χ4v) is 2.40. The van der Waals surface area contributed by atoms with E-state index in [0.29, 0.717) is 24.4 Å². The smallest absolute Gasteiger partial charge is 0.465 e. The van der Waals surface area contributed by atoms with Crippen LogP contribution in [0.15, 0.2) is 24.4 Å². The van der Waals surface area contributed by atoms with E-state index in [1.807, 2.05) is 0 Å². The number of methoxy groups -OCH3 is 1. The van der Waals surface area contributed by atoms with Crippen molar-refractivity contribution < 1.29 is 48.5 Å². The molecule has 0 saturated heterocycles. The van der Waals surface area contributed by atoms with Crippen molar-refractivity contribution in [1.29, 1.82) is 0 Å². The van der Waals surface area contributed by atoms with Crippen molar-refractivity contribution in [2.45, 2.75) is 11.7 Å². The van der Waals surface area contributed by atoms with Crippen molar-refractivity contribution in [2.75, 3.05) is 7.11 Å². The summed E-state index contributed by atoms with van der Waals surface area (Å²) in [4.78, 5) is 14.9. The van der Waals surface area contributed by atoms with Gasteiger partial charge in [0.2, 0.25) is 0 Å². The largest absolute Gasteiger partial charge is 0.534 e. The minimum absolute atomic E-state index is 0.378. The predicted molar refractivity (Wildman–Crippen MR) is 73.7 cm³/mol. The first-order chi connectivity index (χ1) is 11.8. The lowest BCUT2D eigenvalue weighted by atomic mass is 10.0. The molecule has 0 bridgehead atoms. The summed E-state index contributed by atoms with van der Waals surface area (Å²) in [6.07, 6.45) is -4.41. The molecule has 2 rings (SSSR count). The molecule has 0 atom stereocenters. The van der Waals surface area contributed by atoms with Crippen LogP contribution in [0.1, 0.15) is 15.9 Å². The number of nitrogens with zero attached hydrogens (tertiary/aromatic N) is 1. The average molecular weight is 403 g/mol. The van der Waals surface area contributed by atoms with Crippen LogP contribution in [-0.2, 0) is 21.0 Å². The average Bonchev–Trinajstić information content (AvgIpc) is 2.51. The lowest BCUT2D eigenvalue weighted by Gasteiger charge is -2.15. The highest BCUT2D eigenvalue weighted by Gasteiger charge is 2.49. The van der Waals surface area contributed by atoms with Crippen molar-refractivity contribution >= 4 is 27.0 Å². The second-order valence-corrected chi connectivity index (χ2v) is 6.24. The molecule has 0 N–H and O–H groups in total. The summed E-state index contributed by atoms with van der Waals surface area (Å²) < 4.78 is 107. The van der Waals surface area contributed by atoms with Gasteiger partial charge in [-0.3, -0.25) is 4.98 Å². The number of hydrogen-bond donors (Lipinski definition) is 0. The van der Waals surface area contributed by atoms with Gasteiger partial charge in [-0.05, 0) is 12.1 Å². The molecule has 13 heteroatoms. The number of fused-ring (bicyclic) bond motifs is 1. The molecule has 26 heavy (non-hydrogen) atoms. The summed E-state index contributed by atoms with van der Waals surface area (Å²) >= 11 is 0. The van der Waals surface area contributed by atoms with Crippen molar-refractivity contribution in [2.24, 2.45) is 0 Å². The second-order valence-electron chi connectivity index (χ2n) is 4.70. The third-order valence-corrected chi connectivity index (χ3v) is 3.98. The maximum Gasteiger partial charge on any atom is 0.534 e. The van der Waals surface area contributed by atoms with E-state index in [1.54, 1.807) is 0 Å². The maximum absolute atomic E-state index is 13.2. The van der Waals surface area contributed by atoms with Crippen LogP contribution in [0.25, 0.3) is 10.9 Å². The van der Waals surface area contributed by atoms with Crippen LogP contribution in [0, 0.1) is 0 Å². The maximum atomic E-state index is 13.2. The third-order valence-electron chi connectivity index (χ3n) is 3.01. The minimum Gasteiger partial charge on any atom is -0.465 e. The highest BCUT2D eigenvalue weighted by molar-refractivity contribution is 7.88. The van der Waals surface area contributed by atoms with Crippen LogP contribution < -0.4 is 4.18 Å². The van der Waals surface area contributed by atoms with Crippen molar-refractivity contribution in [3.63, 3.8) is 0 Å². The molecule has 1 aromatic carbocycles. The lowest BCUT2D eigenvalue weighted by Crippen LogP contribution is -2.28. The number of pyridine rings is 1. The number of carbonyl (C=O) groups excluding carboxylic acids is 1. The van der Waals surface area contributed by atoms with Gasteiger partial charge >= 0.3 is 27.8 Å². The van der Waals surface area contributed by atoms with Gasteiger partial charge in [-0.15, -0.1) is 0 Å². The Morgan fingerprint density at radius 3 is 2.23 bits per heavy atom. The van der Waals surface area contributed by atoms with Crippen LogP contribution in [0.3, 0.4) is 0 Å². The standard InChI is InChI=1S/C13H7F6NO5S/c1-24-11(21)6-4-7-9(25-26(22,23)13(17,18)19)2-3-20-10(7)8(5-6)12(14,15)16/h2-5H,1H3. The Kier molecular flexibility index (Phi) is 4.79. The highest BCUT2D eigenvalue weighted by Crippen LogP contribution is 2.38. The van der Waals surface area contributed by atoms with E-state index < -0.39 is 55.6 Å². The van der Waals surface area contributed by atoms with E-state index >= 15 is 0 Å². The van der Waals surface area contributed by atoms with E-state index in [9.17, 15) is 39.6 Å². The summed E-state index contributed by atoms with van der Waals surface area (Å²) in [6, 6.07) is 1.68. The van der Waals surface area contributed by atoms with Gasteiger partial charge in [-0.2, -0.15) is 34.8 Å². The van der Waals surface area contributed by atoms with Gasteiger partial charge in [0.1, 0.15) is 0 Å². The molecule has 1 aromatic heterocycles. The second kappa shape index (κ2) is 6.30. The lowest BCUT2D eigenvalue weighted by molar-refractivity contribution is -0.136. The van der Waals surface area contributed by atoms with Gasteiger partial charge in [0.05, 0.1) is 23.8 Å². The number of carbonyl (C=O) groups is 1. The molecule has 2 aromatic rings. The van der Waals surface area contributed by atoms with Crippen LogP contribution >= 0.6 is 0 Å². The van der Waals surface area contributed by atoms with E-state index in [4.69, 9.17) is 0 Å². The Hall–Kier alpha value is -2.57. The number of hydrogen-bond acceptors (Lipinski definition) is 6. The zero-order valence-electron chi connectivity index (χ0n) is 12.5. The molecule has 0 spiro atoms. The normalized spacial score (nSPS) is 12.9. The Balaban J connectivity index is 2.80. The highest BCUT2D eigenvalue weighted by atomic mass is 32.2. The molecule has 1 heterocycles. The number of alkyl halides is 6. The molecule has 0 aliphatic rings. The summed E-state index contributed by atoms with van der Waals surface area (Å²) in [6.45, 7) is 0. The zero-order chi connectivity index (χ0) is 19.9. The summed E-state index contributed by atoms with van der Waals surface area (Å²) in [5.74, 6) is -2.31. The number of halogens is 6. The molecular formula is C13H7F6NO5S. The number of esters is 1. The van der Waals surface area contributed by atoms with Gasteiger partial charge in [0.25, 0.3) is 0 Å². The predicted octanol–water partition coefficient (Wildman–Crippen LogP) is 3.27. The third kappa shape index (κ3) is 3.66. The molecule has 0 unspecified atom stereocenters. The Labute approximate surface area is 141 Å². The summed E-state index contributed by atoms with van der Waals surface area (Å²) in [7, 11) is -5.28. The van der Waals surface area contributed by atoms with Crippen molar-refractivity contribution in [3.05, 3.63) is 35.5 Å². The quantitative estimate of drug-likeness (QED) is 0.339. The van der Waals surface area contributed by atoms with Gasteiger partial charge < -0.3 is 8.92 Å². The minimum atomic E-state index is -6.15. The molecule has 0 aliphatic carbocycles. The Bertz CT molecular complexity index is 967. The number of benzene rings is 1. The van der Waals surface area contributed by atoms with Gasteiger partial charge in [-0.25, -0.2) is 4.79 Å². The molecule has 0 fully saturated rings. The monoisotopic (exact) mass is 403 g/mol. The Morgan fingerprint density at radius 2 is 1.73 bits per heavy atom. The topological polar surface area (TPSA) is 82.6 Å². The van der Waals surface area contributed by atoms with Crippen molar-refractivity contribution in [1.82, 2.24) is 4.98 Å². The van der Waals surface area contributed by atoms with Crippen LogP contribution in [0.5, 0.6) is 5.75 Å². The van der Waals surface area contributed by atoms with E-state index in [1.165, 1.54) is 0 Å². The summed E-state index contributed by atoms with van der Waals surface area (Å²) in [5, 5.41) is -0.768. The number of rotatable bonds is 3. The Morgan fingerprint density at radius 1 is 1.12 bits per heavy atom. The SMILES string of the molecule is COC(=O)c1cc(C(F)(F)F)c2nccc(OS(=O)(=O)C(F)(F)F)c2c1. The van der Waals surface area contributed by atoms with Crippen LogP contribution in [0.4, 0.5) is 26.3 Å². The van der Waals surface area contributed by atoms with E-state index in [0.717, 1.165) is 7.11 Å². The van der Waals surface area contributed by atoms with Gasteiger partial charge in [-0.1, -0.05) is 0 Å². The molecule has 142 valence electrons. The van der Waals surface area contributed by atoms with Gasteiger partial charge in [0.15, 0.2) is 5.75 Å². The van der Waals surface area contributed by atoms with Crippen LogP contribution in [-0.4, -0.2) is 32.0 Å². The number of aromatic nitrogens is 1. The zero-order valence-corrected chi connectivity index (χ0v) is 13.3. The first-order valence-electron chi connectivity index (χ1n) is 6.37. The molecule has 6 nitrogen and oxygen atoms in total. The molecular weight excluding hydrogens is 396 g/mol. The van der Waals surface area contributed by atoms with Crippen molar-refractivity contribution in [3.8, 4) is 5.75 Å². The van der Waals surface area contributed by atoms with Gasteiger partial charge in [0, 0.05) is 17.6 Å². The van der Waals surface area contributed by atoms with Crippen LogP contribution in [0.2, 0.25) is 0 Å². The fraction of sp³-hybridized carbons (Fsp3) is 0.231. The summed E-state index contributed by atoms with van der Waals surface area (Å²) in [5.41, 5.74) is -8.88. The molecule has 0 aliphatic heterocycles. The van der Waals surface area contributed by atoms with E-state index in [-0.39, 0.29) is 0 Å². The molecule has 0 amide bonds. The molecule has 0 radical (unpaired) electrons. The fourth-order valence-electron chi connectivity index (χ4n) is 1.92. The number of ether oxygens (including phenoxy) is 1. The first kappa shape index (κ1) is 19.8. The molecule has 0 saturated carbocycles. The first-order valence-corrected chi connectivity index (χ1v) is 7.78.